The topological polar surface area (TPSA) is 92.3 Å². The Morgan fingerprint density at radius 2 is 2.09 bits per heavy atom. The molecule has 0 spiro atoms. The van der Waals surface area contributed by atoms with Crippen LogP contribution >= 0.6 is 22.7 Å². The van der Waals surface area contributed by atoms with E-state index in [2.05, 4.69) is 15.5 Å². The molecule has 0 saturated carbocycles. The van der Waals surface area contributed by atoms with Crippen molar-refractivity contribution in [2.45, 2.75) is 25.2 Å². The molecule has 0 unspecified atom stereocenters. The highest BCUT2D eigenvalue weighted by Gasteiger charge is 2.22. The molecule has 2 heterocycles. The van der Waals surface area contributed by atoms with Crippen molar-refractivity contribution in [3.63, 3.8) is 0 Å². The highest BCUT2D eigenvalue weighted by Crippen LogP contribution is 2.23. The normalized spacial score (nSPS) is 11.8. The first kappa shape index (κ1) is 17.0. The molecule has 0 aliphatic heterocycles. The minimum atomic E-state index is -3.54. The molecule has 0 saturated heterocycles. The average molecular weight is 360 g/mol. The van der Waals surface area contributed by atoms with E-state index >= 15 is 0 Å². The molecule has 0 aromatic carbocycles. The highest BCUT2D eigenvalue weighted by atomic mass is 32.2. The minimum Gasteiger partial charge on any atom is -0.296 e. The van der Waals surface area contributed by atoms with Crippen molar-refractivity contribution in [3.8, 4) is 0 Å². The SMILES string of the molecule is CCc1nnc(NC(=O)c2cc(S(=O)(=O)N(C)CC)cs2)s1. The van der Waals surface area contributed by atoms with E-state index in [1.807, 2.05) is 6.92 Å². The maximum absolute atomic E-state index is 12.2. The van der Waals surface area contributed by atoms with Crippen LogP contribution in [-0.2, 0) is 16.4 Å². The van der Waals surface area contributed by atoms with Crippen LogP contribution in [0.5, 0.6) is 0 Å². The first-order chi connectivity index (χ1) is 10.4. The fourth-order valence-electron chi connectivity index (χ4n) is 1.53. The molecule has 2 aromatic rings. The van der Waals surface area contributed by atoms with Crippen molar-refractivity contribution in [1.29, 1.82) is 0 Å². The Morgan fingerprint density at radius 1 is 1.36 bits per heavy atom. The molecular formula is C12H16N4O3S3. The number of nitrogens with zero attached hydrogens (tertiary/aromatic N) is 3. The zero-order valence-electron chi connectivity index (χ0n) is 12.4. The smallest absolute Gasteiger partial charge is 0.267 e. The monoisotopic (exact) mass is 360 g/mol. The summed E-state index contributed by atoms with van der Waals surface area (Å²) in [6.07, 6.45) is 0.748. The number of sulfonamides is 1. The van der Waals surface area contributed by atoms with E-state index in [0.717, 1.165) is 22.8 Å². The van der Waals surface area contributed by atoms with Gasteiger partial charge in [0.15, 0.2) is 0 Å². The number of carbonyl (C=O) groups is 1. The summed E-state index contributed by atoms with van der Waals surface area (Å²) in [4.78, 5) is 12.6. The summed E-state index contributed by atoms with van der Waals surface area (Å²) < 4.78 is 25.6. The zero-order valence-corrected chi connectivity index (χ0v) is 14.8. The van der Waals surface area contributed by atoms with Crippen molar-refractivity contribution in [2.75, 3.05) is 18.9 Å². The van der Waals surface area contributed by atoms with E-state index in [0.29, 0.717) is 16.6 Å². The van der Waals surface area contributed by atoms with Gasteiger partial charge in [0.2, 0.25) is 15.2 Å². The molecule has 120 valence electrons. The van der Waals surface area contributed by atoms with Crippen LogP contribution in [0.25, 0.3) is 0 Å². The number of hydrogen-bond acceptors (Lipinski definition) is 7. The number of carbonyl (C=O) groups excluding carboxylic acids is 1. The van der Waals surface area contributed by atoms with Crippen LogP contribution in [0.15, 0.2) is 16.3 Å². The zero-order chi connectivity index (χ0) is 16.3. The fourth-order valence-corrected chi connectivity index (χ4v) is 4.54. The summed E-state index contributed by atoms with van der Waals surface area (Å²) >= 11 is 2.38. The number of anilines is 1. The Labute approximate surface area is 137 Å². The number of aryl methyl sites for hydroxylation is 1. The maximum Gasteiger partial charge on any atom is 0.267 e. The van der Waals surface area contributed by atoms with Crippen molar-refractivity contribution in [2.24, 2.45) is 0 Å². The van der Waals surface area contributed by atoms with Gasteiger partial charge in [-0.1, -0.05) is 25.2 Å². The molecule has 1 N–H and O–H groups in total. The second-order valence-electron chi connectivity index (χ2n) is 4.37. The number of nitrogens with one attached hydrogen (secondary N) is 1. The lowest BCUT2D eigenvalue weighted by atomic mass is 10.4. The van der Waals surface area contributed by atoms with Crippen molar-refractivity contribution in [3.05, 3.63) is 21.3 Å². The van der Waals surface area contributed by atoms with E-state index in [1.165, 1.54) is 34.1 Å². The lowest BCUT2D eigenvalue weighted by molar-refractivity contribution is 0.103. The summed E-state index contributed by atoms with van der Waals surface area (Å²) in [6.45, 7) is 4.06. The van der Waals surface area contributed by atoms with Gasteiger partial charge in [-0.3, -0.25) is 10.1 Å². The number of rotatable bonds is 6. The van der Waals surface area contributed by atoms with Crippen LogP contribution in [0.1, 0.15) is 28.5 Å². The summed E-state index contributed by atoms with van der Waals surface area (Å²) in [5.41, 5.74) is 0. The molecule has 1 amide bonds. The van der Waals surface area contributed by atoms with Crippen LogP contribution in [-0.4, -0.2) is 42.4 Å². The van der Waals surface area contributed by atoms with Crippen molar-refractivity contribution < 1.29 is 13.2 Å². The van der Waals surface area contributed by atoms with Gasteiger partial charge in [-0.05, 0) is 12.5 Å². The van der Waals surface area contributed by atoms with Crippen LogP contribution in [0.2, 0.25) is 0 Å². The van der Waals surface area contributed by atoms with Gasteiger partial charge in [-0.2, -0.15) is 0 Å². The molecule has 0 aliphatic rings. The van der Waals surface area contributed by atoms with Crippen LogP contribution in [0.4, 0.5) is 5.13 Å². The Kier molecular flexibility index (Phi) is 5.27. The van der Waals surface area contributed by atoms with Gasteiger partial charge in [-0.25, -0.2) is 12.7 Å². The molecule has 0 radical (unpaired) electrons. The van der Waals surface area contributed by atoms with Crippen LogP contribution in [0, 0.1) is 0 Å². The summed E-state index contributed by atoms with van der Waals surface area (Å²) in [5.74, 6) is -0.385. The second kappa shape index (κ2) is 6.82. The summed E-state index contributed by atoms with van der Waals surface area (Å²) in [5, 5.41) is 13.1. The average Bonchev–Trinajstić information content (AvgIpc) is 3.15. The van der Waals surface area contributed by atoms with Gasteiger partial charge in [0, 0.05) is 19.0 Å². The minimum absolute atomic E-state index is 0.124. The number of thiophene rings is 1. The van der Waals surface area contributed by atoms with Gasteiger partial charge in [-0.15, -0.1) is 21.5 Å². The number of amides is 1. The Morgan fingerprint density at radius 3 is 2.68 bits per heavy atom. The molecule has 22 heavy (non-hydrogen) atoms. The molecule has 2 aromatic heterocycles. The largest absolute Gasteiger partial charge is 0.296 e. The lowest BCUT2D eigenvalue weighted by Gasteiger charge is -2.12. The van der Waals surface area contributed by atoms with Crippen molar-refractivity contribution in [1.82, 2.24) is 14.5 Å². The lowest BCUT2D eigenvalue weighted by Crippen LogP contribution is -2.26. The van der Waals surface area contributed by atoms with Gasteiger partial charge in [0.1, 0.15) is 5.01 Å². The van der Waals surface area contributed by atoms with E-state index in [4.69, 9.17) is 0 Å². The third-order valence-electron chi connectivity index (χ3n) is 2.94. The highest BCUT2D eigenvalue weighted by molar-refractivity contribution is 7.89. The third-order valence-corrected chi connectivity index (χ3v) is 6.91. The Hall–Kier alpha value is -1.36. The molecule has 2 rings (SSSR count). The molecule has 7 nitrogen and oxygen atoms in total. The predicted octanol–water partition coefficient (Wildman–Crippen LogP) is 2.05. The van der Waals surface area contributed by atoms with Gasteiger partial charge < -0.3 is 0 Å². The fraction of sp³-hybridized carbons (Fsp3) is 0.417. The van der Waals surface area contributed by atoms with E-state index in [9.17, 15) is 13.2 Å². The van der Waals surface area contributed by atoms with Crippen molar-refractivity contribution >= 4 is 43.7 Å². The number of aromatic nitrogens is 2. The molecular weight excluding hydrogens is 344 g/mol. The number of hydrogen-bond donors (Lipinski definition) is 1. The third kappa shape index (κ3) is 3.51. The quantitative estimate of drug-likeness (QED) is 0.851. The molecule has 0 aliphatic carbocycles. The second-order valence-corrected chi connectivity index (χ2v) is 8.39. The standard InChI is InChI=1S/C12H16N4O3S3/c1-4-10-14-15-12(21-10)13-11(17)9-6-8(7-20-9)22(18,19)16(3)5-2/h6-7H,4-5H2,1-3H3,(H,13,15,17). The van der Waals surface area contributed by atoms with E-state index in [1.54, 1.807) is 6.92 Å². The van der Waals surface area contributed by atoms with E-state index in [-0.39, 0.29) is 10.8 Å². The molecule has 0 atom stereocenters. The first-order valence-electron chi connectivity index (χ1n) is 6.57. The first-order valence-corrected chi connectivity index (χ1v) is 9.70. The molecule has 10 heteroatoms. The molecule has 0 fully saturated rings. The molecule has 0 bridgehead atoms. The van der Waals surface area contributed by atoms with E-state index < -0.39 is 10.0 Å². The maximum atomic E-state index is 12.2. The van der Waals surface area contributed by atoms with Gasteiger partial charge in [0.05, 0.1) is 9.77 Å². The summed E-state index contributed by atoms with van der Waals surface area (Å²) in [6, 6.07) is 1.38. The Bertz CT molecular complexity index is 766. The van der Waals surface area contributed by atoms with Gasteiger partial charge in [0.25, 0.3) is 5.91 Å². The Balaban J connectivity index is 2.15. The summed E-state index contributed by atoms with van der Waals surface area (Å²) in [7, 11) is -2.04. The van der Waals surface area contributed by atoms with Crippen LogP contribution < -0.4 is 5.32 Å². The predicted molar refractivity (Wildman–Crippen MR) is 87.0 cm³/mol. The van der Waals surface area contributed by atoms with Crippen LogP contribution in [0.3, 0.4) is 0 Å². The van der Waals surface area contributed by atoms with Gasteiger partial charge >= 0.3 is 0 Å².